The van der Waals surface area contributed by atoms with E-state index >= 15 is 0 Å². The molecule has 0 spiro atoms. The third-order valence-corrected chi connectivity index (χ3v) is 5.92. The summed E-state index contributed by atoms with van der Waals surface area (Å²) in [5, 5.41) is 7.08. The van der Waals surface area contributed by atoms with E-state index < -0.39 is 0 Å². The van der Waals surface area contributed by atoms with Crippen LogP contribution in [0.25, 0.3) is 0 Å². The van der Waals surface area contributed by atoms with Gasteiger partial charge in [0.25, 0.3) is 0 Å². The van der Waals surface area contributed by atoms with E-state index in [0.29, 0.717) is 5.41 Å². The van der Waals surface area contributed by atoms with E-state index in [4.69, 9.17) is 9.47 Å². The summed E-state index contributed by atoms with van der Waals surface area (Å²) in [6, 6.07) is 8.30. The van der Waals surface area contributed by atoms with Gasteiger partial charge in [0.15, 0.2) is 5.96 Å². The lowest BCUT2D eigenvalue weighted by Crippen LogP contribution is -2.46. The summed E-state index contributed by atoms with van der Waals surface area (Å²) >= 11 is 0. The summed E-state index contributed by atoms with van der Waals surface area (Å²) in [6.45, 7) is 7.08. The van der Waals surface area contributed by atoms with E-state index in [1.165, 1.54) is 31.2 Å². The minimum Gasteiger partial charge on any atom is -0.497 e. The molecule has 0 aliphatic heterocycles. The smallest absolute Gasteiger partial charge is 0.191 e. The zero-order chi connectivity index (χ0) is 19.8. The van der Waals surface area contributed by atoms with Gasteiger partial charge in [-0.25, -0.2) is 0 Å². The van der Waals surface area contributed by atoms with Gasteiger partial charge >= 0.3 is 0 Å². The summed E-state index contributed by atoms with van der Waals surface area (Å²) in [5.74, 6) is 1.76. The number of methoxy groups -OCH3 is 2. The number of aliphatic imine (C=N–C) groups is 1. The van der Waals surface area contributed by atoms with Crippen molar-refractivity contribution in [2.45, 2.75) is 51.4 Å². The maximum atomic E-state index is 5.34. The molecule has 1 fully saturated rings. The van der Waals surface area contributed by atoms with Crippen LogP contribution in [0.5, 0.6) is 5.75 Å². The Kier molecular flexibility index (Phi) is 10.6. The van der Waals surface area contributed by atoms with Crippen LogP contribution in [0, 0.1) is 5.41 Å². The van der Waals surface area contributed by atoms with Crippen LogP contribution in [0.1, 0.15) is 51.5 Å². The van der Waals surface area contributed by atoms with Gasteiger partial charge in [-0.3, -0.25) is 4.99 Å². The summed E-state index contributed by atoms with van der Waals surface area (Å²) < 4.78 is 10.6. The van der Waals surface area contributed by atoms with Crippen molar-refractivity contribution in [1.29, 1.82) is 0 Å². The Morgan fingerprint density at radius 3 is 2.29 bits per heavy atom. The third kappa shape index (κ3) is 7.10. The van der Waals surface area contributed by atoms with Crippen molar-refractivity contribution >= 4 is 29.9 Å². The zero-order valence-corrected chi connectivity index (χ0v) is 20.5. The fourth-order valence-corrected chi connectivity index (χ4v) is 3.90. The molecule has 1 aliphatic carbocycles. The number of guanidine groups is 1. The number of hydrogen-bond donors (Lipinski definition) is 2. The first-order valence-electron chi connectivity index (χ1n) is 10.0. The molecule has 2 N–H and O–H groups in total. The van der Waals surface area contributed by atoms with E-state index in [1.54, 1.807) is 14.2 Å². The SMILES string of the molecule is CN=C(NCC1(CCOC)CCCC1)NCC(C)(C)c1ccc(OC)cc1.I. The topological polar surface area (TPSA) is 54.9 Å². The van der Waals surface area contributed by atoms with Crippen LogP contribution >= 0.6 is 24.0 Å². The van der Waals surface area contributed by atoms with Crippen molar-refractivity contribution in [3.05, 3.63) is 29.8 Å². The van der Waals surface area contributed by atoms with Gasteiger partial charge in [0.05, 0.1) is 7.11 Å². The number of ether oxygens (including phenoxy) is 2. The normalized spacial score (nSPS) is 16.4. The van der Waals surface area contributed by atoms with Gasteiger partial charge in [0.1, 0.15) is 5.75 Å². The van der Waals surface area contributed by atoms with Gasteiger partial charge in [-0.1, -0.05) is 38.8 Å². The predicted octanol–water partition coefficient (Wildman–Crippen LogP) is 4.35. The molecule has 1 aliphatic rings. The van der Waals surface area contributed by atoms with E-state index in [0.717, 1.165) is 37.8 Å². The molecule has 0 radical (unpaired) electrons. The van der Waals surface area contributed by atoms with Crippen LogP contribution in [-0.2, 0) is 10.2 Å². The number of nitrogens with one attached hydrogen (secondary N) is 2. The summed E-state index contributed by atoms with van der Waals surface area (Å²) in [4.78, 5) is 4.43. The molecule has 0 unspecified atom stereocenters. The van der Waals surface area contributed by atoms with E-state index in [-0.39, 0.29) is 29.4 Å². The third-order valence-electron chi connectivity index (χ3n) is 5.92. The summed E-state index contributed by atoms with van der Waals surface area (Å²) in [5.41, 5.74) is 1.61. The Morgan fingerprint density at radius 1 is 1.11 bits per heavy atom. The van der Waals surface area contributed by atoms with Crippen LogP contribution in [0.4, 0.5) is 0 Å². The summed E-state index contributed by atoms with van der Waals surface area (Å²) in [6.07, 6.45) is 6.31. The van der Waals surface area contributed by atoms with Crippen molar-refractivity contribution in [3.8, 4) is 5.75 Å². The van der Waals surface area contributed by atoms with E-state index in [1.807, 2.05) is 19.2 Å². The van der Waals surface area contributed by atoms with Crippen LogP contribution in [0.15, 0.2) is 29.3 Å². The molecular formula is C22H38IN3O2. The maximum absolute atomic E-state index is 5.34. The largest absolute Gasteiger partial charge is 0.497 e. The van der Waals surface area contributed by atoms with Crippen molar-refractivity contribution in [3.63, 3.8) is 0 Å². The molecule has 5 nitrogen and oxygen atoms in total. The monoisotopic (exact) mass is 503 g/mol. The molecule has 0 heterocycles. The molecule has 0 amide bonds. The fraction of sp³-hybridized carbons (Fsp3) is 0.682. The number of benzene rings is 1. The predicted molar refractivity (Wildman–Crippen MR) is 128 cm³/mol. The minimum absolute atomic E-state index is 0. The molecule has 6 heteroatoms. The lowest BCUT2D eigenvalue weighted by molar-refractivity contribution is 0.138. The Hall–Kier alpha value is -1.02. The standard InChI is InChI=1S/C22H37N3O2.HI/c1-21(2,18-8-10-19(27-5)11-9-18)16-24-20(23-3)25-17-22(14-15-26-4)12-6-7-13-22;/h8-11H,6-7,12-17H2,1-5H3,(H2,23,24,25);1H. The highest BCUT2D eigenvalue weighted by molar-refractivity contribution is 14.0. The van der Waals surface area contributed by atoms with E-state index in [2.05, 4.69) is 41.6 Å². The first-order chi connectivity index (χ1) is 12.9. The number of nitrogens with zero attached hydrogens (tertiary/aromatic N) is 1. The lowest BCUT2D eigenvalue weighted by atomic mass is 9.83. The quantitative estimate of drug-likeness (QED) is 0.299. The van der Waals surface area contributed by atoms with Crippen molar-refractivity contribution in [2.75, 3.05) is 41.0 Å². The van der Waals surface area contributed by atoms with Crippen molar-refractivity contribution in [2.24, 2.45) is 10.4 Å². The molecule has 0 aromatic heterocycles. The van der Waals surface area contributed by atoms with Crippen LogP contribution in [0.2, 0.25) is 0 Å². The fourth-order valence-electron chi connectivity index (χ4n) is 3.90. The molecular weight excluding hydrogens is 465 g/mol. The van der Waals surface area contributed by atoms with Gasteiger partial charge in [-0.05, 0) is 42.4 Å². The number of halogens is 1. The lowest BCUT2D eigenvalue weighted by Gasteiger charge is -2.31. The minimum atomic E-state index is -0.00894. The zero-order valence-electron chi connectivity index (χ0n) is 18.1. The molecule has 0 bridgehead atoms. The highest BCUT2D eigenvalue weighted by Gasteiger charge is 2.33. The highest BCUT2D eigenvalue weighted by Crippen LogP contribution is 2.40. The van der Waals surface area contributed by atoms with E-state index in [9.17, 15) is 0 Å². The molecule has 28 heavy (non-hydrogen) atoms. The molecule has 1 aromatic carbocycles. The molecule has 0 atom stereocenters. The Labute approximate surface area is 188 Å². The Morgan fingerprint density at radius 2 is 1.75 bits per heavy atom. The van der Waals surface area contributed by atoms with Gasteiger partial charge in [0, 0.05) is 39.3 Å². The number of rotatable bonds is 9. The summed E-state index contributed by atoms with van der Waals surface area (Å²) in [7, 11) is 5.32. The van der Waals surface area contributed by atoms with Gasteiger partial charge < -0.3 is 20.1 Å². The molecule has 2 rings (SSSR count). The molecule has 0 saturated heterocycles. The first-order valence-corrected chi connectivity index (χ1v) is 10.0. The second kappa shape index (κ2) is 11.9. The van der Waals surface area contributed by atoms with Crippen molar-refractivity contribution in [1.82, 2.24) is 10.6 Å². The Balaban J connectivity index is 0.00000392. The second-order valence-electron chi connectivity index (χ2n) is 8.34. The number of hydrogen-bond acceptors (Lipinski definition) is 3. The molecule has 1 saturated carbocycles. The van der Waals surface area contributed by atoms with Gasteiger partial charge in [-0.15, -0.1) is 24.0 Å². The van der Waals surface area contributed by atoms with Gasteiger partial charge in [-0.2, -0.15) is 0 Å². The average molecular weight is 503 g/mol. The van der Waals surface area contributed by atoms with Crippen LogP contribution < -0.4 is 15.4 Å². The van der Waals surface area contributed by atoms with Gasteiger partial charge in [0.2, 0.25) is 0 Å². The second-order valence-corrected chi connectivity index (χ2v) is 8.34. The van der Waals surface area contributed by atoms with Crippen LogP contribution in [0.3, 0.4) is 0 Å². The first kappa shape index (κ1) is 25.0. The molecule has 1 aromatic rings. The van der Waals surface area contributed by atoms with Crippen LogP contribution in [-0.4, -0.2) is 46.9 Å². The van der Waals surface area contributed by atoms with Crippen molar-refractivity contribution < 1.29 is 9.47 Å². The molecule has 160 valence electrons. The maximum Gasteiger partial charge on any atom is 0.191 e. The Bertz CT molecular complexity index is 596. The highest BCUT2D eigenvalue weighted by atomic mass is 127. The average Bonchev–Trinajstić information content (AvgIpc) is 3.15.